The first kappa shape index (κ1) is 22.0. The van der Waals surface area contributed by atoms with Gasteiger partial charge in [-0.15, -0.1) is 0 Å². The number of hydrogen-bond donors (Lipinski definition) is 2. The lowest BCUT2D eigenvalue weighted by Crippen LogP contribution is -2.57. The van der Waals surface area contributed by atoms with Crippen LogP contribution in [0.5, 0.6) is 0 Å². The number of likely N-dealkylation sites (tertiary alicyclic amines) is 1. The van der Waals surface area contributed by atoms with Gasteiger partial charge in [0.05, 0.1) is 18.1 Å². The summed E-state index contributed by atoms with van der Waals surface area (Å²) in [6, 6.07) is 8.31. The quantitative estimate of drug-likeness (QED) is 0.534. The molecule has 2 heterocycles. The number of hydrazine groups is 1. The number of para-hydroxylation sites is 1. The molecule has 1 fully saturated rings. The number of fused-ring (bicyclic) bond motifs is 1. The lowest BCUT2D eigenvalue weighted by atomic mass is 9.92. The summed E-state index contributed by atoms with van der Waals surface area (Å²) < 4.78 is 0. The number of aliphatic hydroxyl groups excluding tert-OH is 1. The lowest BCUT2D eigenvalue weighted by Gasteiger charge is -2.40. The highest BCUT2D eigenvalue weighted by Gasteiger charge is 2.52. The smallest absolute Gasteiger partial charge is 0.249 e. The standard InChI is InChI=1S/C24H31N3O3/c1-16(2)9-8-10-17(3)15-21(28)20-14-13-19-22(24(30)26(4)23(19)29)27(20)25-18-11-6-5-7-12-18/h5-7,9,11-15,19-22,25,28H,8,10H2,1-4H3/b17-15+. The molecule has 2 aliphatic rings. The molecule has 3 rings (SSSR count). The zero-order valence-electron chi connectivity index (χ0n) is 18.1. The van der Waals surface area contributed by atoms with E-state index in [9.17, 15) is 14.7 Å². The average Bonchev–Trinajstić information content (AvgIpc) is 2.93. The highest BCUT2D eigenvalue weighted by molar-refractivity contribution is 6.08. The highest BCUT2D eigenvalue weighted by atomic mass is 16.3. The Morgan fingerprint density at radius 3 is 2.50 bits per heavy atom. The summed E-state index contributed by atoms with van der Waals surface area (Å²) >= 11 is 0. The normalized spacial score (nSPS) is 25.3. The number of rotatable bonds is 7. The third kappa shape index (κ3) is 4.71. The van der Waals surface area contributed by atoms with Gasteiger partial charge in [-0.3, -0.25) is 14.5 Å². The molecule has 0 aromatic heterocycles. The second-order valence-corrected chi connectivity index (χ2v) is 8.29. The van der Waals surface area contributed by atoms with Crippen molar-refractivity contribution < 1.29 is 14.7 Å². The Bertz CT molecular complexity index is 871. The molecule has 0 spiro atoms. The lowest BCUT2D eigenvalue weighted by molar-refractivity contribution is -0.138. The number of carbonyl (C=O) groups excluding carboxylic acids is 2. The number of carbonyl (C=O) groups is 2. The van der Waals surface area contributed by atoms with Crippen molar-refractivity contribution in [1.82, 2.24) is 9.91 Å². The van der Waals surface area contributed by atoms with Gasteiger partial charge in [-0.2, -0.15) is 0 Å². The van der Waals surface area contributed by atoms with Gasteiger partial charge in [-0.05, 0) is 45.7 Å². The monoisotopic (exact) mass is 409 g/mol. The molecule has 2 aliphatic heterocycles. The minimum Gasteiger partial charge on any atom is -0.387 e. The SMILES string of the molecule is CC(C)=CCC/C(C)=C/C(O)C1C=CC2C(=O)N(C)C(=O)C2N1Nc1ccccc1. The minimum atomic E-state index is -0.820. The number of allylic oxidation sites excluding steroid dienone is 3. The molecule has 2 amide bonds. The van der Waals surface area contributed by atoms with Gasteiger partial charge in [0.25, 0.3) is 0 Å². The van der Waals surface area contributed by atoms with E-state index in [0.29, 0.717) is 0 Å². The van der Waals surface area contributed by atoms with Crippen LogP contribution in [0.15, 0.2) is 65.8 Å². The van der Waals surface area contributed by atoms with Crippen molar-refractivity contribution in [3.63, 3.8) is 0 Å². The van der Waals surface area contributed by atoms with Gasteiger partial charge in [-0.25, -0.2) is 5.01 Å². The Kier molecular flexibility index (Phi) is 6.90. The first-order chi connectivity index (χ1) is 14.3. The molecule has 6 heteroatoms. The predicted octanol–water partition coefficient (Wildman–Crippen LogP) is 3.29. The van der Waals surface area contributed by atoms with Crippen molar-refractivity contribution in [3.8, 4) is 0 Å². The molecule has 160 valence electrons. The number of likely N-dealkylation sites (N-methyl/N-ethyl adjacent to an activating group) is 1. The molecule has 0 saturated carbocycles. The second-order valence-electron chi connectivity index (χ2n) is 8.29. The topological polar surface area (TPSA) is 72.9 Å². The molecule has 1 aromatic carbocycles. The molecule has 0 bridgehead atoms. The van der Waals surface area contributed by atoms with Crippen molar-refractivity contribution in [2.75, 3.05) is 12.5 Å². The molecule has 2 N–H and O–H groups in total. The van der Waals surface area contributed by atoms with Crippen LogP contribution in [0.2, 0.25) is 0 Å². The Balaban J connectivity index is 1.86. The maximum absolute atomic E-state index is 12.8. The summed E-state index contributed by atoms with van der Waals surface area (Å²) in [6.07, 6.45) is 8.57. The second kappa shape index (κ2) is 9.41. The number of hydrogen-bond acceptors (Lipinski definition) is 5. The Morgan fingerprint density at radius 2 is 1.83 bits per heavy atom. The minimum absolute atomic E-state index is 0.220. The molecule has 0 radical (unpaired) electrons. The van der Waals surface area contributed by atoms with E-state index in [1.807, 2.05) is 49.4 Å². The first-order valence-corrected chi connectivity index (χ1v) is 10.4. The van der Waals surface area contributed by atoms with Crippen LogP contribution < -0.4 is 5.43 Å². The van der Waals surface area contributed by atoms with Crippen molar-refractivity contribution in [2.24, 2.45) is 5.92 Å². The predicted molar refractivity (Wildman–Crippen MR) is 118 cm³/mol. The van der Waals surface area contributed by atoms with Gasteiger partial charge in [0, 0.05) is 12.7 Å². The molecule has 1 saturated heterocycles. The van der Waals surface area contributed by atoms with Gasteiger partial charge in [0.15, 0.2) is 0 Å². The van der Waals surface area contributed by atoms with Crippen molar-refractivity contribution in [2.45, 2.75) is 51.8 Å². The number of imide groups is 1. The molecular weight excluding hydrogens is 378 g/mol. The first-order valence-electron chi connectivity index (χ1n) is 10.4. The van der Waals surface area contributed by atoms with Crippen molar-refractivity contribution >= 4 is 17.5 Å². The van der Waals surface area contributed by atoms with Gasteiger partial charge in [-0.1, -0.05) is 53.6 Å². The van der Waals surface area contributed by atoms with E-state index in [0.717, 1.165) is 24.1 Å². The van der Waals surface area contributed by atoms with E-state index in [-0.39, 0.29) is 11.8 Å². The highest BCUT2D eigenvalue weighted by Crippen LogP contribution is 2.32. The van der Waals surface area contributed by atoms with Gasteiger partial charge in [0.2, 0.25) is 11.8 Å². The van der Waals surface area contributed by atoms with Crippen LogP contribution in [0.4, 0.5) is 5.69 Å². The Morgan fingerprint density at radius 1 is 1.13 bits per heavy atom. The zero-order chi connectivity index (χ0) is 21.8. The van der Waals surface area contributed by atoms with Gasteiger partial charge < -0.3 is 10.5 Å². The maximum Gasteiger partial charge on any atom is 0.249 e. The summed E-state index contributed by atoms with van der Waals surface area (Å²) in [7, 11) is 1.51. The van der Waals surface area contributed by atoms with Gasteiger partial charge in [0.1, 0.15) is 6.04 Å². The van der Waals surface area contributed by atoms with Crippen LogP contribution >= 0.6 is 0 Å². The molecular formula is C24H31N3O3. The number of amides is 2. The zero-order valence-corrected chi connectivity index (χ0v) is 18.1. The summed E-state index contributed by atoms with van der Waals surface area (Å²) in [5.41, 5.74) is 6.42. The Hall–Kier alpha value is -2.70. The summed E-state index contributed by atoms with van der Waals surface area (Å²) in [5.74, 6) is -1.04. The fourth-order valence-electron chi connectivity index (χ4n) is 3.96. The maximum atomic E-state index is 12.8. The largest absolute Gasteiger partial charge is 0.387 e. The van der Waals surface area contributed by atoms with E-state index in [1.54, 1.807) is 11.1 Å². The molecule has 30 heavy (non-hydrogen) atoms. The van der Waals surface area contributed by atoms with E-state index in [2.05, 4.69) is 25.3 Å². The number of anilines is 1. The number of nitrogens with zero attached hydrogens (tertiary/aromatic N) is 2. The van der Waals surface area contributed by atoms with E-state index < -0.39 is 24.1 Å². The molecule has 0 aliphatic carbocycles. The van der Waals surface area contributed by atoms with Crippen LogP contribution in [0.25, 0.3) is 0 Å². The molecule has 6 nitrogen and oxygen atoms in total. The van der Waals surface area contributed by atoms with Gasteiger partial charge >= 0.3 is 0 Å². The van der Waals surface area contributed by atoms with Crippen LogP contribution in [-0.4, -0.2) is 52.1 Å². The third-order valence-electron chi connectivity index (χ3n) is 5.60. The van der Waals surface area contributed by atoms with E-state index in [1.165, 1.54) is 17.5 Å². The van der Waals surface area contributed by atoms with Crippen LogP contribution in [-0.2, 0) is 9.59 Å². The summed E-state index contributed by atoms with van der Waals surface area (Å²) in [5, 5.41) is 12.7. The van der Waals surface area contributed by atoms with Crippen LogP contribution in [0.1, 0.15) is 33.6 Å². The fourth-order valence-corrected chi connectivity index (χ4v) is 3.96. The fraction of sp³-hybridized carbons (Fsp3) is 0.417. The van der Waals surface area contributed by atoms with Crippen LogP contribution in [0.3, 0.4) is 0 Å². The average molecular weight is 410 g/mol. The Labute approximate surface area is 178 Å². The van der Waals surface area contributed by atoms with E-state index in [4.69, 9.17) is 0 Å². The number of aliphatic hydroxyl groups is 1. The van der Waals surface area contributed by atoms with E-state index >= 15 is 0 Å². The third-order valence-corrected chi connectivity index (χ3v) is 5.60. The summed E-state index contributed by atoms with van der Waals surface area (Å²) in [6.45, 7) is 6.15. The number of nitrogens with one attached hydrogen (secondary N) is 1. The van der Waals surface area contributed by atoms with Crippen molar-refractivity contribution in [1.29, 1.82) is 0 Å². The summed E-state index contributed by atoms with van der Waals surface area (Å²) in [4.78, 5) is 26.5. The number of benzene rings is 1. The van der Waals surface area contributed by atoms with Crippen LogP contribution in [0, 0.1) is 5.92 Å². The molecule has 1 aromatic rings. The molecule has 4 atom stereocenters. The molecule has 4 unspecified atom stereocenters. The van der Waals surface area contributed by atoms with Crippen molar-refractivity contribution in [3.05, 3.63) is 65.8 Å².